The van der Waals surface area contributed by atoms with E-state index in [1.165, 1.54) is 11.3 Å². The molecule has 1 atom stereocenters. The first kappa shape index (κ1) is 12.7. The first-order valence-electron chi connectivity index (χ1n) is 4.00. The van der Waals surface area contributed by atoms with Crippen LogP contribution in [0.3, 0.4) is 0 Å². The molecule has 0 saturated heterocycles. The SMILES string of the molecule is Cc1nnc([C@@](C)(N)COP(=O)(O)O)s1. The number of aromatic nitrogens is 2. The minimum atomic E-state index is -4.50. The summed E-state index contributed by atoms with van der Waals surface area (Å²) >= 11 is 1.27. The van der Waals surface area contributed by atoms with Crippen molar-refractivity contribution in [3.8, 4) is 0 Å². The third kappa shape index (κ3) is 3.94. The van der Waals surface area contributed by atoms with Gasteiger partial charge in [-0.25, -0.2) is 4.57 Å². The van der Waals surface area contributed by atoms with Crippen LogP contribution in [0.2, 0.25) is 0 Å². The summed E-state index contributed by atoms with van der Waals surface area (Å²) < 4.78 is 14.8. The number of phosphoric ester groups is 1. The minimum Gasteiger partial charge on any atom is -0.318 e. The monoisotopic (exact) mass is 253 g/mol. The summed E-state index contributed by atoms with van der Waals surface area (Å²) in [7, 11) is -4.50. The Labute approximate surface area is 90.5 Å². The topological polar surface area (TPSA) is 119 Å². The molecule has 0 radical (unpaired) electrons. The molecule has 0 aromatic carbocycles. The summed E-state index contributed by atoms with van der Waals surface area (Å²) in [5.74, 6) is 0. The molecule has 0 unspecified atom stereocenters. The van der Waals surface area contributed by atoms with Gasteiger partial charge in [-0.15, -0.1) is 10.2 Å². The number of nitrogens with two attached hydrogens (primary N) is 1. The van der Waals surface area contributed by atoms with Crippen LogP contribution in [0.4, 0.5) is 0 Å². The highest BCUT2D eigenvalue weighted by Crippen LogP contribution is 2.38. The molecule has 0 spiro atoms. The van der Waals surface area contributed by atoms with E-state index in [9.17, 15) is 4.57 Å². The van der Waals surface area contributed by atoms with Crippen LogP contribution in [0.1, 0.15) is 16.9 Å². The van der Waals surface area contributed by atoms with Crippen molar-refractivity contribution < 1.29 is 18.9 Å². The van der Waals surface area contributed by atoms with E-state index in [0.717, 1.165) is 5.01 Å². The van der Waals surface area contributed by atoms with Crippen molar-refractivity contribution in [3.63, 3.8) is 0 Å². The Balaban J connectivity index is 2.71. The molecular formula is C6H12N3O4PS. The molecule has 0 fully saturated rings. The zero-order chi connectivity index (χ0) is 11.7. The van der Waals surface area contributed by atoms with Gasteiger partial charge in [0.1, 0.15) is 10.0 Å². The third-order valence-corrected chi connectivity index (χ3v) is 3.13. The average molecular weight is 253 g/mol. The lowest BCUT2D eigenvalue weighted by Gasteiger charge is -2.20. The number of hydrogen-bond donors (Lipinski definition) is 3. The van der Waals surface area contributed by atoms with E-state index in [4.69, 9.17) is 15.5 Å². The summed E-state index contributed by atoms with van der Waals surface area (Å²) in [5, 5.41) is 8.78. The standard InChI is InChI=1S/C6H12N3O4PS/c1-4-8-9-5(15-4)6(2,7)3-13-14(10,11)12/h3,7H2,1-2H3,(H2,10,11,12)/t6-/m0/s1. The van der Waals surface area contributed by atoms with E-state index < -0.39 is 13.4 Å². The Morgan fingerprint density at radius 2 is 2.20 bits per heavy atom. The first-order chi connectivity index (χ1) is 6.71. The normalized spacial score (nSPS) is 16.3. The summed E-state index contributed by atoms with van der Waals surface area (Å²) in [4.78, 5) is 17.1. The lowest BCUT2D eigenvalue weighted by Crippen LogP contribution is -2.37. The molecule has 1 aromatic rings. The summed E-state index contributed by atoms with van der Waals surface area (Å²) in [6, 6.07) is 0. The fourth-order valence-corrected chi connectivity index (χ4v) is 1.98. The number of rotatable bonds is 4. The van der Waals surface area contributed by atoms with Crippen molar-refractivity contribution >= 4 is 19.2 Å². The lowest BCUT2D eigenvalue weighted by atomic mass is 10.1. The molecule has 1 heterocycles. The maximum atomic E-state index is 10.5. The van der Waals surface area contributed by atoms with Crippen molar-refractivity contribution in [2.45, 2.75) is 19.4 Å². The third-order valence-electron chi connectivity index (χ3n) is 1.55. The van der Waals surface area contributed by atoms with Gasteiger partial charge in [0.25, 0.3) is 0 Å². The molecule has 0 bridgehead atoms. The Morgan fingerprint density at radius 3 is 2.60 bits per heavy atom. The number of hydrogen-bond acceptors (Lipinski definition) is 6. The summed E-state index contributed by atoms with van der Waals surface area (Å²) in [6.07, 6.45) is 0. The van der Waals surface area contributed by atoms with Crippen LogP contribution in [-0.2, 0) is 14.6 Å². The summed E-state index contributed by atoms with van der Waals surface area (Å²) in [5.41, 5.74) is 4.75. The molecule has 9 heteroatoms. The Hall–Kier alpha value is -0.370. The summed E-state index contributed by atoms with van der Waals surface area (Å²) in [6.45, 7) is 3.02. The van der Waals surface area contributed by atoms with Gasteiger partial charge in [0.15, 0.2) is 0 Å². The van der Waals surface area contributed by atoms with Crippen LogP contribution < -0.4 is 5.73 Å². The second-order valence-corrected chi connectivity index (χ2v) is 5.73. The molecule has 0 amide bonds. The molecule has 0 aliphatic heterocycles. The van der Waals surface area contributed by atoms with Crippen LogP contribution in [-0.4, -0.2) is 26.6 Å². The van der Waals surface area contributed by atoms with E-state index in [1.54, 1.807) is 13.8 Å². The van der Waals surface area contributed by atoms with E-state index in [2.05, 4.69) is 14.7 Å². The van der Waals surface area contributed by atoms with Gasteiger partial charge in [-0.05, 0) is 13.8 Å². The highest BCUT2D eigenvalue weighted by molar-refractivity contribution is 7.46. The van der Waals surface area contributed by atoms with Gasteiger partial charge in [0.2, 0.25) is 0 Å². The molecule has 4 N–H and O–H groups in total. The van der Waals surface area contributed by atoms with Gasteiger partial charge in [-0.2, -0.15) is 0 Å². The highest BCUT2D eigenvalue weighted by Gasteiger charge is 2.29. The van der Waals surface area contributed by atoms with Crippen LogP contribution in [0.25, 0.3) is 0 Å². The van der Waals surface area contributed by atoms with Crippen LogP contribution in [0.15, 0.2) is 0 Å². The predicted molar refractivity (Wildman–Crippen MR) is 54.2 cm³/mol. The molecule has 0 aliphatic rings. The Bertz CT molecular complexity index is 387. The van der Waals surface area contributed by atoms with E-state index >= 15 is 0 Å². The van der Waals surface area contributed by atoms with Crippen molar-refractivity contribution in [3.05, 3.63) is 10.0 Å². The number of aryl methyl sites for hydroxylation is 1. The maximum Gasteiger partial charge on any atom is 0.469 e. The number of nitrogens with zero attached hydrogens (tertiary/aromatic N) is 2. The quantitative estimate of drug-likeness (QED) is 0.652. The predicted octanol–water partition coefficient (Wildman–Crippen LogP) is 0.130. The maximum absolute atomic E-state index is 10.5. The Kier molecular flexibility index (Phi) is 3.59. The Morgan fingerprint density at radius 1 is 1.60 bits per heavy atom. The van der Waals surface area contributed by atoms with E-state index in [1.807, 2.05) is 0 Å². The largest absolute Gasteiger partial charge is 0.469 e. The fraction of sp³-hybridized carbons (Fsp3) is 0.667. The van der Waals surface area contributed by atoms with Crippen LogP contribution in [0, 0.1) is 6.92 Å². The van der Waals surface area contributed by atoms with Gasteiger partial charge >= 0.3 is 7.82 Å². The molecular weight excluding hydrogens is 241 g/mol. The van der Waals surface area contributed by atoms with Gasteiger partial charge in [0, 0.05) is 0 Å². The van der Waals surface area contributed by atoms with Crippen molar-refractivity contribution in [2.75, 3.05) is 6.61 Å². The second kappa shape index (κ2) is 4.25. The molecule has 0 saturated carbocycles. The molecule has 1 aromatic heterocycles. The molecule has 0 aliphatic carbocycles. The van der Waals surface area contributed by atoms with Crippen molar-refractivity contribution in [1.82, 2.24) is 10.2 Å². The van der Waals surface area contributed by atoms with Crippen LogP contribution in [0.5, 0.6) is 0 Å². The highest BCUT2D eigenvalue weighted by atomic mass is 32.1. The van der Waals surface area contributed by atoms with Gasteiger partial charge in [0.05, 0.1) is 12.1 Å². The molecule has 15 heavy (non-hydrogen) atoms. The minimum absolute atomic E-state index is 0.314. The second-order valence-electron chi connectivity index (χ2n) is 3.31. The van der Waals surface area contributed by atoms with E-state index in [0.29, 0.717) is 5.01 Å². The van der Waals surface area contributed by atoms with Crippen molar-refractivity contribution in [2.24, 2.45) is 5.73 Å². The van der Waals surface area contributed by atoms with Gasteiger partial charge in [-0.3, -0.25) is 4.52 Å². The van der Waals surface area contributed by atoms with Gasteiger partial charge < -0.3 is 15.5 Å². The fourth-order valence-electron chi connectivity index (χ4n) is 0.807. The first-order valence-corrected chi connectivity index (χ1v) is 6.35. The smallest absolute Gasteiger partial charge is 0.318 e. The van der Waals surface area contributed by atoms with Crippen molar-refractivity contribution in [1.29, 1.82) is 0 Å². The number of phosphoric acid groups is 1. The zero-order valence-electron chi connectivity index (χ0n) is 8.25. The van der Waals surface area contributed by atoms with E-state index in [-0.39, 0.29) is 6.61 Å². The zero-order valence-corrected chi connectivity index (χ0v) is 9.96. The van der Waals surface area contributed by atoms with Crippen LogP contribution >= 0.6 is 19.2 Å². The molecule has 7 nitrogen and oxygen atoms in total. The van der Waals surface area contributed by atoms with Gasteiger partial charge in [-0.1, -0.05) is 11.3 Å². The average Bonchev–Trinajstić information content (AvgIpc) is 2.48. The molecule has 1 rings (SSSR count). The molecule has 86 valence electrons. The lowest BCUT2D eigenvalue weighted by molar-refractivity contribution is 0.158.